The van der Waals surface area contributed by atoms with Gasteiger partial charge in [-0.2, -0.15) is 0 Å². The van der Waals surface area contributed by atoms with Crippen LogP contribution in [0.1, 0.15) is 30.7 Å². The smallest absolute Gasteiger partial charge is 0.161 e. The molecule has 1 aromatic heterocycles. The lowest BCUT2D eigenvalue weighted by Crippen LogP contribution is -2.24. The number of methoxy groups -OCH3 is 1. The highest BCUT2D eigenvalue weighted by Crippen LogP contribution is 2.29. The Morgan fingerprint density at radius 1 is 1.24 bits per heavy atom. The molecule has 0 bridgehead atoms. The molecule has 3 nitrogen and oxygen atoms in total. The molecular weight excluding hydrogens is 282 g/mol. The van der Waals surface area contributed by atoms with Crippen LogP contribution >= 0.6 is 11.3 Å². The van der Waals surface area contributed by atoms with E-state index in [9.17, 15) is 0 Å². The maximum Gasteiger partial charge on any atom is 0.161 e. The van der Waals surface area contributed by atoms with Crippen LogP contribution in [-0.2, 0) is 13.2 Å². The predicted molar refractivity (Wildman–Crippen MR) is 88.2 cm³/mol. The van der Waals surface area contributed by atoms with Gasteiger partial charge in [-0.05, 0) is 42.5 Å². The zero-order chi connectivity index (χ0) is 15.1. The minimum atomic E-state index is 0.519. The van der Waals surface area contributed by atoms with E-state index in [1.807, 2.05) is 18.2 Å². The average molecular weight is 305 g/mol. The predicted octanol–water partition coefficient (Wildman–Crippen LogP) is 4.22. The van der Waals surface area contributed by atoms with Crippen LogP contribution in [0.3, 0.4) is 0 Å². The minimum Gasteiger partial charge on any atom is -0.493 e. The lowest BCUT2D eigenvalue weighted by molar-refractivity contribution is 0.287. The molecular formula is C17H23NO2S. The molecule has 0 spiro atoms. The number of ether oxygens (including phenoxy) is 2. The van der Waals surface area contributed by atoms with Gasteiger partial charge in [0.1, 0.15) is 6.61 Å². The Morgan fingerprint density at radius 3 is 2.76 bits per heavy atom. The summed E-state index contributed by atoms with van der Waals surface area (Å²) in [4.78, 5) is 1.21. The summed E-state index contributed by atoms with van der Waals surface area (Å²) >= 11 is 1.70. The summed E-state index contributed by atoms with van der Waals surface area (Å²) in [6.45, 7) is 5.80. The van der Waals surface area contributed by atoms with Crippen LogP contribution in [0.25, 0.3) is 0 Å². The Hall–Kier alpha value is -1.52. The average Bonchev–Trinajstić information content (AvgIpc) is 3.04. The molecule has 0 fully saturated rings. The lowest BCUT2D eigenvalue weighted by atomic mass is 10.1. The van der Waals surface area contributed by atoms with Gasteiger partial charge in [-0.3, -0.25) is 0 Å². The summed E-state index contributed by atoms with van der Waals surface area (Å²) in [5, 5.41) is 5.53. The van der Waals surface area contributed by atoms with E-state index in [0.717, 1.165) is 24.5 Å². The second-order valence-electron chi connectivity index (χ2n) is 5.04. The summed E-state index contributed by atoms with van der Waals surface area (Å²) in [7, 11) is 1.68. The number of nitrogens with one attached hydrogen (secondary N) is 1. The fourth-order valence-electron chi connectivity index (χ4n) is 1.92. The van der Waals surface area contributed by atoms with Crippen LogP contribution in [0.5, 0.6) is 11.5 Å². The lowest BCUT2D eigenvalue weighted by Gasteiger charge is -2.14. The van der Waals surface area contributed by atoms with Crippen molar-refractivity contribution in [2.24, 2.45) is 0 Å². The van der Waals surface area contributed by atoms with E-state index in [1.165, 1.54) is 10.4 Å². The number of hydrogen-bond donors (Lipinski definition) is 1. The van der Waals surface area contributed by atoms with Gasteiger partial charge < -0.3 is 14.8 Å². The molecule has 0 aliphatic carbocycles. The molecule has 2 aromatic rings. The van der Waals surface area contributed by atoms with E-state index in [4.69, 9.17) is 9.47 Å². The maximum atomic E-state index is 5.84. The highest BCUT2D eigenvalue weighted by molar-refractivity contribution is 7.09. The highest BCUT2D eigenvalue weighted by atomic mass is 32.1. The van der Waals surface area contributed by atoms with Crippen molar-refractivity contribution in [1.29, 1.82) is 0 Å². The molecule has 0 aliphatic rings. The molecule has 0 aliphatic heterocycles. The third kappa shape index (κ3) is 4.76. The van der Waals surface area contributed by atoms with Crippen LogP contribution in [0.2, 0.25) is 0 Å². The Labute approximate surface area is 130 Å². The molecule has 1 atom stereocenters. The Morgan fingerprint density at radius 2 is 2.10 bits per heavy atom. The third-order valence-electron chi connectivity index (χ3n) is 3.45. The number of thiophene rings is 1. The van der Waals surface area contributed by atoms with Crippen molar-refractivity contribution in [2.75, 3.05) is 7.11 Å². The zero-order valence-electron chi connectivity index (χ0n) is 12.9. The number of hydrogen-bond acceptors (Lipinski definition) is 4. The Kier molecular flexibility index (Phi) is 6.08. The van der Waals surface area contributed by atoms with Crippen molar-refractivity contribution in [2.45, 2.75) is 39.5 Å². The second kappa shape index (κ2) is 8.05. The molecule has 0 saturated carbocycles. The van der Waals surface area contributed by atoms with Gasteiger partial charge in [0.05, 0.1) is 7.11 Å². The van der Waals surface area contributed by atoms with Gasteiger partial charge in [0.15, 0.2) is 11.5 Å². The molecule has 1 aromatic carbocycles. The van der Waals surface area contributed by atoms with Crippen LogP contribution in [0.4, 0.5) is 0 Å². The van der Waals surface area contributed by atoms with E-state index in [0.29, 0.717) is 12.6 Å². The molecule has 1 N–H and O–H groups in total. The second-order valence-corrected chi connectivity index (χ2v) is 6.08. The van der Waals surface area contributed by atoms with E-state index < -0.39 is 0 Å². The van der Waals surface area contributed by atoms with Crippen molar-refractivity contribution in [3.8, 4) is 11.5 Å². The normalized spacial score (nSPS) is 12.1. The zero-order valence-corrected chi connectivity index (χ0v) is 13.7. The van der Waals surface area contributed by atoms with Gasteiger partial charge in [0.25, 0.3) is 0 Å². The van der Waals surface area contributed by atoms with Crippen LogP contribution in [0.15, 0.2) is 35.7 Å². The van der Waals surface area contributed by atoms with Crippen molar-refractivity contribution in [3.63, 3.8) is 0 Å². The van der Waals surface area contributed by atoms with Crippen molar-refractivity contribution in [1.82, 2.24) is 5.32 Å². The largest absolute Gasteiger partial charge is 0.493 e. The van der Waals surface area contributed by atoms with Crippen molar-refractivity contribution >= 4 is 11.3 Å². The minimum absolute atomic E-state index is 0.519. The highest BCUT2D eigenvalue weighted by Gasteiger charge is 2.07. The summed E-state index contributed by atoms with van der Waals surface area (Å²) in [5.74, 6) is 1.58. The van der Waals surface area contributed by atoms with E-state index in [1.54, 1.807) is 18.4 Å². The molecule has 1 heterocycles. The summed E-state index contributed by atoms with van der Waals surface area (Å²) in [6, 6.07) is 10.7. The van der Waals surface area contributed by atoms with E-state index in [-0.39, 0.29) is 0 Å². The monoisotopic (exact) mass is 305 g/mol. The molecule has 4 heteroatoms. The first-order chi connectivity index (χ1) is 10.2. The molecule has 0 radical (unpaired) electrons. The van der Waals surface area contributed by atoms with Crippen LogP contribution in [0, 0.1) is 0 Å². The topological polar surface area (TPSA) is 30.5 Å². The van der Waals surface area contributed by atoms with Crippen molar-refractivity contribution in [3.05, 3.63) is 46.2 Å². The molecule has 1 unspecified atom stereocenters. The van der Waals surface area contributed by atoms with Gasteiger partial charge in [-0.1, -0.05) is 19.1 Å². The van der Waals surface area contributed by atoms with Gasteiger partial charge in [-0.25, -0.2) is 0 Å². The standard InChI is InChI=1S/C17H23NO2S/c1-4-13(2)18-11-14-7-8-16(17(10-14)19-3)20-12-15-6-5-9-21-15/h5-10,13,18H,4,11-12H2,1-3H3. The Bertz CT molecular complexity index is 540. The number of benzene rings is 1. The quantitative estimate of drug-likeness (QED) is 0.792. The van der Waals surface area contributed by atoms with Gasteiger partial charge >= 0.3 is 0 Å². The maximum absolute atomic E-state index is 5.84. The van der Waals surface area contributed by atoms with Gasteiger partial charge in [-0.15, -0.1) is 11.3 Å². The molecule has 0 amide bonds. The first-order valence-corrected chi connectivity index (χ1v) is 8.16. The van der Waals surface area contributed by atoms with Gasteiger partial charge in [0.2, 0.25) is 0 Å². The van der Waals surface area contributed by atoms with E-state index >= 15 is 0 Å². The first-order valence-electron chi connectivity index (χ1n) is 7.28. The SMILES string of the molecule is CCC(C)NCc1ccc(OCc2cccs2)c(OC)c1. The van der Waals surface area contributed by atoms with Gasteiger partial charge in [0, 0.05) is 17.5 Å². The summed E-state index contributed by atoms with van der Waals surface area (Å²) < 4.78 is 11.3. The van der Waals surface area contributed by atoms with Crippen LogP contribution in [-0.4, -0.2) is 13.2 Å². The molecule has 21 heavy (non-hydrogen) atoms. The Balaban J connectivity index is 1.98. The summed E-state index contributed by atoms with van der Waals surface area (Å²) in [5.41, 5.74) is 1.20. The summed E-state index contributed by atoms with van der Waals surface area (Å²) in [6.07, 6.45) is 1.12. The third-order valence-corrected chi connectivity index (χ3v) is 4.29. The molecule has 2 rings (SSSR count). The number of rotatable bonds is 8. The van der Waals surface area contributed by atoms with Crippen LogP contribution < -0.4 is 14.8 Å². The fourth-order valence-corrected chi connectivity index (χ4v) is 2.54. The fraction of sp³-hybridized carbons (Fsp3) is 0.412. The van der Waals surface area contributed by atoms with Crippen molar-refractivity contribution < 1.29 is 9.47 Å². The van der Waals surface area contributed by atoms with E-state index in [2.05, 4.69) is 36.7 Å². The molecule has 0 saturated heterocycles. The molecule has 114 valence electrons. The first kappa shape index (κ1) is 15.9.